The van der Waals surface area contributed by atoms with Gasteiger partial charge in [0.2, 0.25) is 0 Å². The van der Waals surface area contributed by atoms with Crippen LogP contribution in [0.2, 0.25) is 0 Å². The van der Waals surface area contributed by atoms with Crippen LogP contribution < -0.4 is 0 Å². The van der Waals surface area contributed by atoms with E-state index in [4.69, 9.17) is 0 Å². The highest BCUT2D eigenvalue weighted by Gasteiger charge is 2.46. The number of rotatable bonds is 2. The fourth-order valence-corrected chi connectivity index (χ4v) is 3.89. The Morgan fingerprint density at radius 3 is 2.56 bits per heavy atom. The molecule has 0 radical (unpaired) electrons. The van der Waals surface area contributed by atoms with Gasteiger partial charge in [0.15, 0.2) is 0 Å². The van der Waals surface area contributed by atoms with Crippen LogP contribution in [0.15, 0.2) is 32.9 Å². The number of carbonyl (C=O) groups excluding carboxylic acids is 1. The van der Waals surface area contributed by atoms with E-state index in [1.165, 1.54) is 12.8 Å². The smallest absolute Gasteiger partial charge is 0.290 e. The second-order valence-corrected chi connectivity index (χ2v) is 8.08. The van der Waals surface area contributed by atoms with Crippen LogP contribution in [0.3, 0.4) is 0 Å². The Balaban J connectivity index is 1.74. The van der Waals surface area contributed by atoms with Gasteiger partial charge in [0.05, 0.1) is 23.1 Å². The molecular weight excluding hydrogens is 316 g/mol. The zero-order valence-corrected chi connectivity index (χ0v) is 14.6. The van der Waals surface area contributed by atoms with Crippen molar-refractivity contribution in [3.8, 4) is 6.07 Å². The molecule has 1 N–H and O–H groups in total. The Kier molecular flexibility index (Phi) is 3.48. The summed E-state index contributed by atoms with van der Waals surface area (Å²) in [6, 6.07) is 1.63. The number of fused-ring (bicyclic) bond motifs is 1. The van der Waals surface area contributed by atoms with Crippen LogP contribution in [0, 0.1) is 16.7 Å². The van der Waals surface area contributed by atoms with Crippen LogP contribution in [0.4, 0.5) is 0 Å². The number of allylic oxidation sites excluding steroid dienone is 1. The lowest BCUT2D eigenvalue weighted by molar-refractivity contribution is -0.114. The van der Waals surface area contributed by atoms with E-state index in [1.54, 1.807) is 20.1 Å². The van der Waals surface area contributed by atoms with Crippen molar-refractivity contribution in [3.05, 3.63) is 22.9 Å². The van der Waals surface area contributed by atoms with Crippen molar-refractivity contribution in [1.29, 1.82) is 5.26 Å². The highest BCUT2D eigenvalue weighted by Crippen LogP contribution is 2.54. The van der Waals surface area contributed by atoms with Crippen molar-refractivity contribution in [2.24, 2.45) is 15.4 Å². The summed E-state index contributed by atoms with van der Waals surface area (Å²) in [5.41, 5.74) is 1.52. The molecule has 1 aliphatic carbocycles. The quantitative estimate of drug-likeness (QED) is 0.831. The Bertz CT molecular complexity index is 790. The van der Waals surface area contributed by atoms with Crippen LogP contribution in [-0.4, -0.2) is 52.6 Å². The molecule has 6 nitrogen and oxygen atoms in total. The van der Waals surface area contributed by atoms with E-state index in [0.717, 1.165) is 31.5 Å². The standard InChI is InChI=1S/C19H22N4O2/c1-18(2,25)15-9-12-14(11-21-15)22-17(24)13(10-20)16(12)23-7-5-19(3-4-19)6-8-23/h9,11,15,25H,3-8H2,1-2H3. The first-order chi connectivity index (χ1) is 11.8. The molecule has 0 aromatic rings. The number of aliphatic hydroxyl groups is 1. The molecule has 3 aliphatic heterocycles. The Morgan fingerprint density at radius 2 is 2.00 bits per heavy atom. The van der Waals surface area contributed by atoms with E-state index < -0.39 is 17.6 Å². The van der Waals surface area contributed by atoms with Crippen LogP contribution in [0.5, 0.6) is 0 Å². The molecule has 1 amide bonds. The highest BCUT2D eigenvalue weighted by molar-refractivity contribution is 6.43. The van der Waals surface area contributed by atoms with E-state index in [9.17, 15) is 15.2 Å². The number of nitrogens with zero attached hydrogens (tertiary/aromatic N) is 4. The molecule has 1 atom stereocenters. The lowest BCUT2D eigenvalue weighted by Crippen LogP contribution is -2.41. The first-order valence-corrected chi connectivity index (χ1v) is 8.83. The summed E-state index contributed by atoms with van der Waals surface area (Å²) in [5, 5.41) is 19.9. The van der Waals surface area contributed by atoms with E-state index in [0.29, 0.717) is 16.8 Å². The largest absolute Gasteiger partial charge is 0.388 e. The number of carbonyl (C=O) groups is 1. The summed E-state index contributed by atoms with van der Waals surface area (Å²) >= 11 is 0. The van der Waals surface area contributed by atoms with Crippen molar-refractivity contribution in [2.75, 3.05) is 13.1 Å². The lowest BCUT2D eigenvalue weighted by Gasteiger charge is -2.38. The molecule has 1 unspecified atom stereocenters. The van der Waals surface area contributed by atoms with Crippen molar-refractivity contribution in [2.45, 2.75) is 51.2 Å². The van der Waals surface area contributed by atoms with E-state index in [-0.39, 0.29) is 5.57 Å². The molecule has 2 fully saturated rings. The molecular formula is C19H22N4O2. The molecule has 1 saturated heterocycles. The summed E-state index contributed by atoms with van der Waals surface area (Å²) in [7, 11) is 0. The number of nitriles is 1. The average molecular weight is 338 g/mol. The van der Waals surface area contributed by atoms with Gasteiger partial charge in [-0.3, -0.25) is 9.79 Å². The minimum Gasteiger partial charge on any atom is -0.388 e. The van der Waals surface area contributed by atoms with Crippen molar-refractivity contribution in [3.63, 3.8) is 0 Å². The van der Waals surface area contributed by atoms with E-state index >= 15 is 0 Å². The molecule has 0 bridgehead atoms. The summed E-state index contributed by atoms with van der Waals surface area (Å²) in [6.07, 6.45) is 8.20. The maximum atomic E-state index is 12.3. The number of aliphatic imine (C=N–C) groups is 2. The predicted molar refractivity (Wildman–Crippen MR) is 94.2 cm³/mol. The number of dihydropyridines is 2. The number of amides is 1. The minimum absolute atomic E-state index is 0.103. The highest BCUT2D eigenvalue weighted by atomic mass is 16.3. The molecule has 0 aromatic carbocycles. The maximum Gasteiger partial charge on any atom is 0.290 e. The second-order valence-electron chi connectivity index (χ2n) is 8.08. The van der Waals surface area contributed by atoms with Crippen molar-refractivity contribution < 1.29 is 9.90 Å². The average Bonchev–Trinajstić information content (AvgIpc) is 3.32. The summed E-state index contributed by atoms with van der Waals surface area (Å²) in [4.78, 5) is 22.8. The van der Waals surface area contributed by atoms with Gasteiger partial charge in [0.25, 0.3) is 5.91 Å². The molecule has 1 spiro atoms. The van der Waals surface area contributed by atoms with E-state index in [2.05, 4.69) is 21.0 Å². The third kappa shape index (κ3) is 2.73. The van der Waals surface area contributed by atoms with Gasteiger partial charge in [0.1, 0.15) is 11.6 Å². The van der Waals surface area contributed by atoms with Gasteiger partial charge in [-0.05, 0) is 51.0 Å². The molecule has 130 valence electrons. The molecule has 6 heteroatoms. The van der Waals surface area contributed by atoms with Crippen LogP contribution in [0.1, 0.15) is 39.5 Å². The van der Waals surface area contributed by atoms with Gasteiger partial charge < -0.3 is 10.0 Å². The van der Waals surface area contributed by atoms with Gasteiger partial charge in [0, 0.05) is 24.9 Å². The molecule has 25 heavy (non-hydrogen) atoms. The third-order valence-electron chi connectivity index (χ3n) is 5.82. The lowest BCUT2D eigenvalue weighted by atomic mass is 9.87. The third-order valence-corrected chi connectivity index (χ3v) is 5.82. The fourth-order valence-electron chi connectivity index (χ4n) is 3.89. The Labute approximate surface area is 147 Å². The second kappa shape index (κ2) is 5.37. The van der Waals surface area contributed by atoms with Gasteiger partial charge in [-0.15, -0.1) is 0 Å². The van der Waals surface area contributed by atoms with Gasteiger partial charge in [-0.2, -0.15) is 5.26 Å². The SMILES string of the molecule is CC(C)(O)C1C=C2C(=NC(=O)C(C#N)=C2N2CCC3(CC2)CC3)C=N1. The monoisotopic (exact) mass is 338 g/mol. The van der Waals surface area contributed by atoms with Crippen molar-refractivity contribution >= 4 is 17.8 Å². The van der Waals surface area contributed by atoms with Gasteiger partial charge in [-0.25, -0.2) is 4.99 Å². The summed E-state index contributed by atoms with van der Waals surface area (Å²) < 4.78 is 0. The Hall–Kier alpha value is -2.26. The number of hydrogen-bond acceptors (Lipinski definition) is 5. The topological polar surface area (TPSA) is 89.0 Å². The van der Waals surface area contributed by atoms with Crippen molar-refractivity contribution in [1.82, 2.24) is 4.90 Å². The summed E-state index contributed by atoms with van der Waals surface area (Å²) in [5.74, 6) is -0.496. The molecule has 3 heterocycles. The first kappa shape index (κ1) is 16.2. The predicted octanol–water partition coefficient (Wildman–Crippen LogP) is 1.77. The van der Waals surface area contributed by atoms with Crippen LogP contribution in [-0.2, 0) is 4.79 Å². The van der Waals surface area contributed by atoms with Crippen LogP contribution in [0.25, 0.3) is 0 Å². The first-order valence-electron chi connectivity index (χ1n) is 8.83. The molecule has 4 aliphatic rings. The van der Waals surface area contributed by atoms with E-state index in [1.807, 2.05) is 6.08 Å². The number of hydrogen-bond donors (Lipinski definition) is 1. The maximum absolute atomic E-state index is 12.3. The Morgan fingerprint density at radius 1 is 1.32 bits per heavy atom. The number of likely N-dealkylation sites (tertiary alicyclic amines) is 1. The number of piperidine rings is 1. The van der Waals surface area contributed by atoms with Crippen LogP contribution >= 0.6 is 0 Å². The van der Waals surface area contributed by atoms with Gasteiger partial charge >= 0.3 is 0 Å². The minimum atomic E-state index is -1.02. The normalized spacial score (nSPS) is 27.7. The molecule has 0 aromatic heterocycles. The zero-order chi connectivity index (χ0) is 17.8. The molecule has 1 saturated carbocycles. The summed E-state index contributed by atoms with van der Waals surface area (Å²) in [6.45, 7) is 5.11. The zero-order valence-electron chi connectivity index (χ0n) is 14.6. The van der Waals surface area contributed by atoms with Gasteiger partial charge in [-0.1, -0.05) is 0 Å². The fraction of sp³-hybridized carbons (Fsp3) is 0.579. The molecule has 4 rings (SSSR count).